The van der Waals surface area contributed by atoms with E-state index in [0.29, 0.717) is 16.5 Å². The first-order chi connectivity index (χ1) is 6.82. The van der Waals surface area contributed by atoms with E-state index in [-0.39, 0.29) is 0 Å². The molecule has 2 rings (SSSR count). The Bertz CT molecular complexity index is 406. The minimum atomic E-state index is -1.90. The van der Waals surface area contributed by atoms with Crippen LogP contribution in [-0.2, 0) is 0 Å². The Kier molecular flexibility index (Phi) is 2.64. The van der Waals surface area contributed by atoms with Crippen LogP contribution in [0.25, 0.3) is 0 Å². The second kappa shape index (κ2) is 3.47. The zero-order valence-electron chi connectivity index (χ0n) is 7.14. The standard InChI is InChI=1S/C8H5Cl4NO2/c9-4-1-2-5-6(3-4)15-8(13,14-5)7(10,11)12/h1-3H,13H2/t8-/m1/s1. The fraction of sp³-hybridized carbons (Fsp3) is 0.250. The number of halogens is 4. The number of benzene rings is 1. The molecule has 2 N–H and O–H groups in total. The van der Waals surface area contributed by atoms with Crippen LogP contribution in [0, 0.1) is 0 Å². The van der Waals surface area contributed by atoms with Gasteiger partial charge in [-0.3, -0.25) is 5.73 Å². The molecule has 0 bridgehead atoms. The summed E-state index contributed by atoms with van der Waals surface area (Å²) in [6, 6.07) is 4.73. The predicted molar refractivity (Wildman–Crippen MR) is 59.9 cm³/mol. The van der Waals surface area contributed by atoms with Crippen molar-refractivity contribution in [3.63, 3.8) is 0 Å². The van der Waals surface area contributed by atoms with Crippen molar-refractivity contribution in [3.05, 3.63) is 23.2 Å². The van der Waals surface area contributed by atoms with Gasteiger partial charge in [-0.2, -0.15) is 0 Å². The summed E-state index contributed by atoms with van der Waals surface area (Å²) in [4.78, 5) is 0. The summed E-state index contributed by atoms with van der Waals surface area (Å²) in [5, 5.41) is 0.478. The van der Waals surface area contributed by atoms with Crippen molar-refractivity contribution in [2.24, 2.45) is 5.73 Å². The van der Waals surface area contributed by atoms with Crippen LogP contribution in [0.5, 0.6) is 11.5 Å². The van der Waals surface area contributed by atoms with E-state index in [1.807, 2.05) is 0 Å². The van der Waals surface area contributed by atoms with Gasteiger partial charge in [-0.1, -0.05) is 46.4 Å². The molecule has 7 heteroatoms. The molecule has 0 fully saturated rings. The third-order valence-corrected chi connectivity index (χ3v) is 2.85. The van der Waals surface area contributed by atoms with E-state index >= 15 is 0 Å². The second-order valence-electron chi connectivity index (χ2n) is 2.96. The monoisotopic (exact) mass is 287 g/mol. The van der Waals surface area contributed by atoms with Gasteiger partial charge in [-0.15, -0.1) is 0 Å². The Morgan fingerprint density at radius 2 is 1.73 bits per heavy atom. The summed E-state index contributed by atoms with van der Waals surface area (Å²) < 4.78 is 8.53. The van der Waals surface area contributed by atoms with E-state index in [2.05, 4.69) is 0 Å². The van der Waals surface area contributed by atoms with Crippen molar-refractivity contribution in [1.29, 1.82) is 0 Å². The van der Waals surface area contributed by atoms with Crippen LogP contribution in [0.3, 0.4) is 0 Å². The molecule has 0 spiro atoms. The van der Waals surface area contributed by atoms with Gasteiger partial charge in [-0.25, -0.2) is 0 Å². The van der Waals surface area contributed by atoms with Gasteiger partial charge in [-0.05, 0) is 12.1 Å². The molecule has 0 aliphatic carbocycles. The summed E-state index contributed by atoms with van der Waals surface area (Å²) >= 11 is 22.7. The van der Waals surface area contributed by atoms with Gasteiger partial charge in [0, 0.05) is 11.1 Å². The Labute approximate surface area is 106 Å². The molecule has 1 aliphatic rings. The molecule has 0 unspecified atom stereocenters. The summed E-state index contributed by atoms with van der Waals surface area (Å²) in [6.07, 6.45) is 0. The lowest BCUT2D eigenvalue weighted by atomic mass is 10.3. The molecule has 0 saturated carbocycles. The van der Waals surface area contributed by atoms with Gasteiger partial charge in [0.1, 0.15) is 0 Å². The van der Waals surface area contributed by atoms with Crippen molar-refractivity contribution in [2.45, 2.75) is 9.70 Å². The van der Waals surface area contributed by atoms with Crippen molar-refractivity contribution < 1.29 is 9.47 Å². The Balaban J connectivity index is 2.37. The number of rotatable bonds is 0. The van der Waals surface area contributed by atoms with Crippen LogP contribution in [0.2, 0.25) is 5.02 Å². The number of hydrogen-bond acceptors (Lipinski definition) is 3. The normalized spacial score (nSPS) is 24.3. The first-order valence-electron chi connectivity index (χ1n) is 3.85. The van der Waals surface area contributed by atoms with E-state index in [9.17, 15) is 0 Å². The van der Waals surface area contributed by atoms with Crippen molar-refractivity contribution in [1.82, 2.24) is 0 Å². The van der Waals surface area contributed by atoms with Crippen LogP contribution in [0.1, 0.15) is 0 Å². The lowest BCUT2D eigenvalue weighted by Gasteiger charge is -2.28. The van der Waals surface area contributed by atoms with Crippen molar-refractivity contribution >= 4 is 46.4 Å². The third-order valence-electron chi connectivity index (χ3n) is 1.82. The van der Waals surface area contributed by atoms with E-state index < -0.39 is 9.70 Å². The molecule has 1 heterocycles. The highest BCUT2D eigenvalue weighted by Gasteiger charge is 2.55. The van der Waals surface area contributed by atoms with Gasteiger partial charge in [0.05, 0.1) is 0 Å². The van der Waals surface area contributed by atoms with E-state index in [0.717, 1.165) is 0 Å². The van der Waals surface area contributed by atoms with Gasteiger partial charge < -0.3 is 9.47 Å². The average Bonchev–Trinajstić information content (AvgIpc) is 2.40. The van der Waals surface area contributed by atoms with E-state index in [1.54, 1.807) is 12.1 Å². The van der Waals surface area contributed by atoms with Crippen LogP contribution in [0.4, 0.5) is 0 Å². The minimum Gasteiger partial charge on any atom is -0.433 e. The van der Waals surface area contributed by atoms with Gasteiger partial charge in [0.25, 0.3) is 3.79 Å². The number of hydrogen-bond donors (Lipinski definition) is 1. The zero-order valence-corrected chi connectivity index (χ0v) is 10.2. The molecule has 82 valence electrons. The summed E-state index contributed by atoms with van der Waals surface area (Å²) in [5.74, 6) is -1.10. The number of fused-ring (bicyclic) bond motifs is 1. The largest absolute Gasteiger partial charge is 0.433 e. The molecular weight excluding hydrogens is 284 g/mol. The quantitative estimate of drug-likeness (QED) is 0.746. The number of nitrogens with two attached hydrogens (primary N) is 1. The highest BCUT2D eigenvalue weighted by Crippen LogP contribution is 2.47. The van der Waals surface area contributed by atoms with E-state index in [4.69, 9.17) is 61.6 Å². The van der Waals surface area contributed by atoms with Crippen LogP contribution in [0.15, 0.2) is 18.2 Å². The fourth-order valence-electron chi connectivity index (χ4n) is 1.11. The maximum Gasteiger partial charge on any atom is 0.360 e. The molecule has 3 nitrogen and oxygen atoms in total. The summed E-state index contributed by atoms with van der Waals surface area (Å²) in [5.41, 5.74) is 5.65. The Morgan fingerprint density at radius 1 is 1.13 bits per heavy atom. The highest BCUT2D eigenvalue weighted by molar-refractivity contribution is 6.68. The molecular formula is C8H5Cl4NO2. The average molecular weight is 289 g/mol. The molecule has 1 aromatic carbocycles. The first-order valence-corrected chi connectivity index (χ1v) is 5.36. The summed E-state index contributed by atoms with van der Waals surface area (Å²) in [7, 11) is 0. The zero-order chi connectivity index (χ0) is 11.3. The maximum absolute atomic E-state index is 5.76. The summed E-state index contributed by atoms with van der Waals surface area (Å²) in [6.45, 7) is 0. The van der Waals surface area contributed by atoms with E-state index in [1.165, 1.54) is 6.07 Å². The lowest BCUT2D eigenvalue weighted by Crippen LogP contribution is -2.58. The lowest BCUT2D eigenvalue weighted by molar-refractivity contribution is -0.0693. The molecule has 1 atom stereocenters. The highest BCUT2D eigenvalue weighted by atomic mass is 35.6. The number of alkyl halides is 3. The predicted octanol–water partition coefficient (Wildman–Crippen LogP) is 3.09. The van der Waals surface area contributed by atoms with Crippen LogP contribution < -0.4 is 15.2 Å². The topological polar surface area (TPSA) is 44.5 Å². The van der Waals surface area contributed by atoms with Crippen LogP contribution >= 0.6 is 46.4 Å². The Hall–Kier alpha value is -0.0600. The molecule has 1 aliphatic heterocycles. The van der Waals surface area contributed by atoms with Crippen molar-refractivity contribution in [2.75, 3.05) is 0 Å². The molecule has 0 aromatic heterocycles. The first kappa shape index (κ1) is 11.4. The molecule has 0 radical (unpaired) electrons. The van der Waals surface area contributed by atoms with Gasteiger partial charge in [0.2, 0.25) is 0 Å². The molecule has 1 aromatic rings. The molecule has 0 saturated heterocycles. The van der Waals surface area contributed by atoms with Gasteiger partial charge >= 0.3 is 5.91 Å². The fourth-order valence-corrected chi connectivity index (χ4v) is 1.50. The minimum absolute atomic E-state index is 0.344. The van der Waals surface area contributed by atoms with Crippen molar-refractivity contribution in [3.8, 4) is 11.5 Å². The smallest absolute Gasteiger partial charge is 0.360 e. The number of ether oxygens (including phenoxy) is 2. The maximum atomic E-state index is 5.76. The van der Waals surface area contributed by atoms with Gasteiger partial charge in [0.15, 0.2) is 11.5 Å². The molecule has 15 heavy (non-hydrogen) atoms. The Morgan fingerprint density at radius 3 is 2.33 bits per heavy atom. The third kappa shape index (κ3) is 1.95. The van der Waals surface area contributed by atoms with Crippen LogP contribution in [-0.4, -0.2) is 9.70 Å². The SMILES string of the molecule is N[C@]1(C(Cl)(Cl)Cl)Oc2ccc(Cl)cc2O1. The molecule has 0 amide bonds. The second-order valence-corrected chi connectivity index (χ2v) is 5.68.